The number of phenolic OH excluding ortho intramolecular Hbond substituents is 1. The highest BCUT2D eigenvalue weighted by Crippen LogP contribution is 2.19. The van der Waals surface area contributed by atoms with Gasteiger partial charge in [-0.05, 0) is 51.9 Å². The van der Waals surface area contributed by atoms with Gasteiger partial charge in [-0.25, -0.2) is 5.43 Å². The summed E-state index contributed by atoms with van der Waals surface area (Å²) in [6.45, 7) is 0. The van der Waals surface area contributed by atoms with Gasteiger partial charge in [-0.1, -0.05) is 30.3 Å². The quantitative estimate of drug-likeness (QED) is 0.487. The largest absolute Gasteiger partial charge is 0.507 e. The van der Waals surface area contributed by atoms with Crippen molar-refractivity contribution >= 4 is 34.7 Å². The number of phenols is 1. The molecule has 4 nitrogen and oxygen atoms in total. The van der Waals surface area contributed by atoms with Gasteiger partial charge in [0, 0.05) is 0 Å². The fraction of sp³-hybridized carbons (Fsp3) is 0.0667. The maximum absolute atomic E-state index is 11.7. The van der Waals surface area contributed by atoms with Crippen molar-refractivity contribution in [2.24, 2.45) is 5.10 Å². The van der Waals surface area contributed by atoms with E-state index in [0.717, 1.165) is 14.7 Å². The molecule has 0 fully saturated rings. The average molecular weight is 380 g/mol. The van der Waals surface area contributed by atoms with E-state index >= 15 is 0 Å². The van der Waals surface area contributed by atoms with Gasteiger partial charge in [0.25, 0.3) is 0 Å². The highest BCUT2D eigenvalue weighted by atomic mass is 127. The third-order valence-electron chi connectivity index (χ3n) is 2.58. The molecule has 0 saturated carbocycles. The molecule has 0 aliphatic rings. The van der Waals surface area contributed by atoms with Crippen LogP contribution in [0.5, 0.6) is 5.75 Å². The topological polar surface area (TPSA) is 61.7 Å². The lowest BCUT2D eigenvalue weighted by molar-refractivity contribution is -0.120. The molecule has 0 unspecified atom stereocenters. The van der Waals surface area contributed by atoms with E-state index in [9.17, 15) is 9.90 Å². The van der Waals surface area contributed by atoms with Crippen LogP contribution in [0, 0.1) is 3.57 Å². The molecule has 2 aromatic carbocycles. The van der Waals surface area contributed by atoms with Crippen LogP contribution < -0.4 is 5.43 Å². The zero-order valence-corrected chi connectivity index (χ0v) is 12.7. The molecule has 0 spiro atoms. The van der Waals surface area contributed by atoms with Gasteiger partial charge in [0.05, 0.1) is 16.2 Å². The minimum absolute atomic E-state index is 0.166. The first-order valence-corrected chi connectivity index (χ1v) is 7.07. The maximum Gasteiger partial charge on any atom is 0.244 e. The van der Waals surface area contributed by atoms with Crippen LogP contribution in [0.25, 0.3) is 0 Å². The van der Waals surface area contributed by atoms with E-state index in [4.69, 9.17) is 0 Å². The molecule has 102 valence electrons. The molecule has 0 saturated heterocycles. The van der Waals surface area contributed by atoms with Crippen LogP contribution in [0.3, 0.4) is 0 Å². The standard InChI is InChI=1S/C15H13IN2O2/c16-13-8-12(6-7-14(13)19)10-17-18-15(20)9-11-4-2-1-3-5-11/h1-8,10,19H,9H2,(H,18,20)/b17-10-. The number of amides is 1. The number of nitrogens with one attached hydrogen (secondary N) is 1. The first-order chi connectivity index (χ1) is 9.65. The van der Waals surface area contributed by atoms with Gasteiger partial charge in [0.15, 0.2) is 0 Å². The van der Waals surface area contributed by atoms with Crippen molar-refractivity contribution in [3.8, 4) is 5.75 Å². The summed E-state index contributed by atoms with van der Waals surface area (Å²) in [4.78, 5) is 11.7. The lowest BCUT2D eigenvalue weighted by atomic mass is 10.1. The number of aromatic hydroxyl groups is 1. The molecule has 0 radical (unpaired) electrons. The maximum atomic E-state index is 11.7. The predicted molar refractivity (Wildman–Crippen MR) is 86.7 cm³/mol. The highest BCUT2D eigenvalue weighted by Gasteiger charge is 2.01. The Kier molecular flexibility index (Phi) is 5.11. The Morgan fingerprint density at radius 2 is 2.00 bits per heavy atom. The number of rotatable bonds is 4. The summed E-state index contributed by atoms with van der Waals surface area (Å²) < 4.78 is 0.738. The predicted octanol–water partition coefficient (Wildman–Crippen LogP) is 2.69. The Bertz CT molecular complexity index is 627. The van der Waals surface area contributed by atoms with Crippen molar-refractivity contribution in [3.63, 3.8) is 0 Å². The van der Waals surface area contributed by atoms with Crippen LogP contribution in [0.4, 0.5) is 0 Å². The number of carbonyl (C=O) groups is 1. The van der Waals surface area contributed by atoms with Crippen LogP contribution in [-0.4, -0.2) is 17.2 Å². The van der Waals surface area contributed by atoms with E-state index in [-0.39, 0.29) is 11.7 Å². The Morgan fingerprint density at radius 3 is 2.70 bits per heavy atom. The third kappa shape index (κ3) is 4.34. The van der Waals surface area contributed by atoms with Crippen LogP contribution in [0.15, 0.2) is 53.6 Å². The van der Waals surface area contributed by atoms with Crippen molar-refractivity contribution in [1.29, 1.82) is 0 Å². The second kappa shape index (κ2) is 7.04. The van der Waals surface area contributed by atoms with E-state index in [2.05, 4.69) is 10.5 Å². The van der Waals surface area contributed by atoms with Gasteiger partial charge in [-0.3, -0.25) is 4.79 Å². The molecule has 0 heterocycles. The second-order valence-corrected chi connectivity index (χ2v) is 5.33. The number of hydrogen-bond donors (Lipinski definition) is 2. The molecule has 0 aliphatic heterocycles. The van der Waals surface area contributed by atoms with E-state index in [1.54, 1.807) is 24.4 Å². The molecule has 20 heavy (non-hydrogen) atoms. The fourth-order valence-electron chi connectivity index (χ4n) is 1.60. The molecule has 0 aromatic heterocycles. The molecular weight excluding hydrogens is 367 g/mol. The third-order valence-corrected chi connectivity index (χ3v) is 3.45. The summed E-state index contributed by atoms with van der Waals surface area (Å²) in [5, 5.41) is 13.3. The first kappa shape index (κ1) is 14.5. The number of hydrogen-bond acceptors (Lipinski definition) is 3. The normalized spacial score (nSPS) is 10.7. The summed E-state index contributed by atoms with van der Waals surface area (Å²) in [6.07, 6.45) is 1.84. The summed E-state index contributed by atoms with van der Waals surface area (Å²) in [6, 6.07) is 14.6. The van der Waals surface area contributed by atoms with Gasteiger partial charge >= 0.3 is 0 Å². The summed E-state index contributed by atoms with van der Waals surface area (Å²) in [5.41, 5.74) is 4.24. The Hall–Kier alpha value is -1.89. The fourth-order valence-corrected chi connectivity index (χ4v) is 2.14. The van der Waals surface area contributed by atoms with Crippen LogP contribution in [-0.2, 0) is 11.2 Å². The van der Waals surface area contributed by atoms with E-state index in [1.165, 1.54) is 0 Å². The van der Waals surface area contributed by atoms with Crippen LogP contribution in [0.2, 0.25) is 0 Å². The highest BCUT2D eigenvalue weighted by molar-refractivity contribution is 14.1. The number of halogens is 1. The smallest absolute Gasteiger partial charge is 0.244 e. The van der Waals surface area contributed by atoms with Crippen molar-refractivity contribution < 1.29 is 9.90 Å². The first-order valence-electron chi connectivity index (χ1n) is 5.99. The van der Waals surface area contributed by atoms with Crippen molar-refractivity contribution in [1.82, 2.24) is 5.43 Å². The second-order valence-electron chi connectivity index (χ2n) is 4.17. The number of nitrogens with zero attached hydrogens (tertiary/aromatic N) is 1. The van der Waals surface area contributed by atoms with Crippen molar-refractivity contribution in [3.05, 3.63) is 63.2 Å². The number of hydrazone groups is 1. The Morgan fingerprint density at radius 1 is 1.25 bits per heavy atom. The van der Waals surface area contributed by atoms with E-state index in [1.807, 2.05) is 52.9 Å². The summed E-state index contributed by atoms with van der Waals surface area (Å²) in [5.74, 6) is 0.0665. The molecule has 2 N–H and O–H groups in total. The van der Waals surface area contributed by atoms with Gasteiger partial charge in [0.2, 0.25) is 5.91 Å². The van der Waals surface area contributed by atoms with Gasteiger partial charge < -0.3 is 5.11 Å². The minimum Gasteiger partial charge on any atom is -0.507 e. The van der Waals surface area contributed by atoms with E-state index in [0.29, 0.717) is 6.42 Å². The molecular formula is C15H13IN2O2. The van der Waals surface area contributed by atoms with Crippen LogP contribution >= 0.6 is 22.6 Å². The van der Waals surface area contributed by atoms with Gasteiger partial charge in [-0.15, -0.1) is 0 Å². The molecule has 1 amide bonds. The zero-order valence-electron chi connectivity index (χ0n) is 10.6. The monoisotopic (exact) mass is 380 g/mol. The summed E-state index contributed by atoms with van der Waals surface area (Å²) in [7, 11) is 0. The number of benzene rings is 2. The molecule has 0 bridgehead atoms. The average Bonchev–Trinajstić information content (AvgIpc) is 2.44. The molecule has 0 aliphatic carbocycles. The lowest BCUT2D eigenvalue weighted by Gasteiger charge is -2.00. The Labute approximate surface area is 130 Å². The minimum atomic E-state index is -0.166. The van der Waals surface area contributed by atoms with Gasteiger partial charge in [0.1, 0.15) is 5.75 Å². The number of carbonyl (C=O) groups excluding carboxylic acids is 1. The summed E-state index contributed by atoms with van der Waals surface area (Å²) >= 11 is 2.03. The van der Waals surface area contributed by atoms with E-state index < -0.39 is 0 Å². The molecule has 2 rings (SSSR count). The van der Waals surface area contributed by atoms with Crippen LogP contribution in [0.1, 0.15) is 11.1 Å². The van der Waals surface area contributed by atoms with Crippen molar-refractivity contribution in [2.45, 2.75) is 6.42 Å². The SMILES string of the molecule is O=C(Cc1ccccc1)N/N=C\c1ccc(O)c(I)c1. The molecule has 2 aromatic rings. The zero-order chi connectivity index (χ0) is 14.4. The van der Waals surface area contributed by atoms with Gasteiger partial charge in [-0.2, -0.15) is 5.10 Å². The Balaban J connectivity index is 1.89. The molecule has 5 heteroatoms. The van der Waals surface area contributed by atoms with Crippen molar-refractivity contribution in [2.75, 3.05) is 0 Å². The molecule has 0 atom stereocenters. The lowest BCUT2D eigenvalue weighted by Crippen LogP contribution is -2.19.